The summed E-state index contributed by atoms with van der Waals surface area (Å²) in [4.78, 5) is 0. The standard InChI is InChI=1S/C18H23N/c1-14(19)13-18(17-11-7-4-8-12-17)15(2)16-9-5-3-6-10-16/h3-12,14-15,18H,13,19H2,1-2H3/t14?,15-,18?/m0/s1. The Morgan fingerprint density at radius 3 is 1.74 bits per heavy atom. The van der Waals surface area contributed by atoms with Gasteiger partial charge < -0.3 is 5.73 Å². The van der Waals surface area contributed by atoms with E-state index >= 15 is 0 Å². The van der Waals surface area contributed by atoms with Crippen LogP contribution in [0.4, 0.5) is 0 Å². The number of hydrogen-bond acceptors (Lipinski definition) is 1. The Balaban J connectivity index is 2.28. The second-order valence-electron chi connectivity index (χ2n) is 5.43. The fourth-order valence-corrected chi connectivity index (χ4v) is 2.72. The molecule has 19 heavy (non-hydrogen) atoms. The minimum atomic E-state index is 0.219. The average Bonchev–Trinajstić information content (AvgIpc) is 2.46. The maximum absolute atomic E-state index is 6.05. The van der Waals surface area contributed by atoms with Crippen LogP contribution in [-0.4, -0.2) is 6.04 Å². The molecule has 0 aliphatic rings. The summed E-state index contributed by atoms with van der Waals surface area (Å²) in [6.07, 6.45) is 1.01. The van der Waals surface area contributed by atoms with E-state index in [4.69, 9.17) is 5.73 Å². The topological polar surface area (TPSA) is 26.0 Å². The molecular weight excluding hydrogens is 230 g/mol. The predicted molar refractivity (Wildman–Crippen MR) is 82.3 cm³/mol. The van der Waals surface area contributed by atoms with Crippen molar-refractivity contribution in [3.8, 4) is 0 Å². The van der Waals surface area contributed by atoms with Gasteiger partial charge in [0.25, 0.3) is 0 Å². The van der Waals surface area contributed by atoms with Gasteiger partial charge in [-0.05, 0) is 36.3 Å². The zero-order chi connectivity index (χ0) is 13.7. The largest absolute Gasteiger partial charge is 0.328 e. The van der Waals surface area contributed by atoms with Crippen molar-refractivity contribution in [2.45, 2.75) is 38.1 Å². The zero-order valence-corrected chi connectivity index (χ0v) is 11.8. The van der Waals surface area contributed by atoms with E-state index in [9.17, 15) is 0 Å². The van der Waals surface area contributed by atoms with Crippen molar-refractivity contribution in [3.05, 3.63) is 71.8 Å². The normalized spacial score (nSPS) is 15.7. The lowest BCUT2D eigenvalue weighted by Gasteiger charge is -2.26. The second kappa shape index (κ2) is 6.53. The molecule has 0 saturated heterocycles. The summed E-state index contributed by atoms with van der Waals surface area (Å²) in [7, 11) is 0. The third-order valence-corrected chi connectivity index (χ3v) is 3.78. The molecular formula is C18H23N. The van der Waals surface area contributed by atoms with Gasteiger partial charge in [0.2, 0.25) is 0 Å². The second-order valence-corrected chi connectivity index (χ2v) is 5.43. The maximum Gasteiger partial charge on any atom is 0.00165 e. The quantitative estimate of drug-likeness (QED) is 0.844. The molecule has 0 bridgehead atoms. The Morgan fingerprint density at radius 2 is 1.26 bits per heavy atom. The van der Waals surface area contributed by atoms with Crippen molar-refractivity contribution in [1.82, 2.24) is 0 Å². The molecule has 1 nitrogen and oxygen atoms in total. The fraction of sp³-hybridized carbons (Fsp3) is 0.333. The highest BCUT2D eigenvalue weighted by Gasteiger charge is 2.21. The predicted octanol–water partition coefficient (Wildman–Crippen LogP) is 4.31. The summed E-state index contributed by atoms with van der Waals surface area (Å²) in [6, 6.07) is 21.7. The van der Waals surface area contributed by atoms with Crippen LogP contribution < -0.4 is 5.73 Å². The summed E-state index contributed by atoms with van der Waals surface area (Å²) in [5.41, 5.74) is 8.82. The molecule has 0 amide bonds. The van der Waals surface area contributed by atoms with Crippen LogP contribution in [0.5, 0.6) is 0 Å². The molecule has 0 saturated carbocycles. The van der Waals surface area contributed by atoms with E-state index in [0.29, 0.717) is 11.8 Å². The molecule has 1 heteroatoms. The van der Waals surface area contributed by atoms with Crippen LogP contribution in [-0.2, 0) is 0 Å². The highest BCUT2D eigenvalue weighted by Crippen LogP contribution is 2.35. The van der Waals surface area contributed by atoms with Gasteiger partial charge in [-0.3, -0.25) is 0 Å². The van der Waals surface area contributed by atoms with E-state index in [-0.39, 0.29) is 6.04 Å². The highest BCUT2D eigenvalue weighted by molar-refractivity contribution is 5.28. The summed E-state index contributed by atoms with van der Waals surface area (Å²) < 4.78 is 0. The van der Waals surface area contributed by atoms with Crippen molar-refractivity contribution >= 4 is 0 Å². The van der Waals surface area contributed by atoms with Crippen molar-refractivity contribution < 1.29 is 0 Å². The molecule has 0 aromatic heterocycles. The molecule has 0 radical (unpaired) electrons. The van der Waals surface area contributed by atoms with Crippen molar-refractivity contribution in [3.63, 3.8) is 0 Å². The average molecular weight is 253 g/mol. The van der Waals surface area contributed by atoms with Crippen LogP contribution in [0.15, 0.2) is 60.7 Å². The first-order valence-corrected chi connectivity index (χ1v) is 7.04. The number of hydrogen-bond donors (Lipinski definition) is 1. The molecule has 0 heterocycles. The van der Waals surface area contributed by atoms with Crippen LogP contribution >= 0.6 is 0 Å². The Bertz CT molecular complexity index is 476. The lowest BCUT2D eigenvalue weighted by molar-refractivity contribution is 0.491. The first-order chi connectivity index (χ1) is 9.18. The molecule has 2 unspecified atom stereocenters. The Morgan fingerprint density at radius 1 is 0.789 bits per heavy atom. The van der Waals surface area contributed by atoms with Gasteiger partial charge in [0.05, 0.1) is 0 Å². The molecule has 2 aromatic rings. The van der Waals surface area contributed by atoms with Gasteiger partial charge in [-0.2, -0.15) is 0 Å². The summed E-state index contributed by atoms with van der Waals surface area (Å²) in [5, 5.41) is 0. The smallest absolute Gasteiger partial charge is 0.00165 e. The van der Waals surface area contributed by atoms with E-state index in [1.54, 1.807) is 0 Å². The minimum Gasteiger partial charge on any atom is -0.328 e. The first-order valence-electron chi connectivity index (χ1n) is 7.04. The van der Waals surface area contributed by atoms with E-state index in [0.717, 1.165) is 6.42 Å². The molecule has 2 rings (SSSR count). The van der Waals surface area contributed by atoms with Gasteiger partial charge >= 0.3 is 0 Å². The van der Waals surface area contributed by atoms with E-state index in [1.807, 2.05) is 0 Å². The number of rotatable bonds is 5. The molecule has 0 aliphatic carbocycles. The van der Waals surface area contributed by atoms with Crippen LogP contribution in [0.1, 0.15) is 43.2 Å². The number of benzene rings is 2. The first kappa shape index (κ1) is 13.8. The van der Waals surface area contributed by atoms with Gasteiger partial charge in [-0.15, -0.1) is 0 Å². The van der Waals surface area contributed by atoms with Crippen LogP contribution in [0.2, 0.25) is 0 Å². The van der Waals surface area contributed by atoms with E-state index in [2.05, 4.69) is 74.5 Å². The van der Waals surface area contributed by atoms with Crippen LogP contribution in [0, 0.1) is 0 Å². The summed E-state index contributed by atoms with van der Waals surface area (Å²) in [6.45, 7) is 4.39. The van der Waals surface area contributed by atoms with Gasteiger partial charge in [0.15, 0.2) is 0 Å². The van der Waals surface area contributed by atoms with Crippen LogP contribution in [0.25, 0.3) is 0 Å². The molecule has 2 aromatic carbocycles. The molecule has 2 N–H and O–H groups in total. The lowest BCUT2D eigenvalue weighted by Crippen LogP contribution is -2.21. The molecule has 0 aliphatic heterocycles. The van der Waals surface area contributed by atoms with Gasteiger partial charge in [-0.1, -0.05) is 67.6 Å². The van der Waals surface area contributed by atoms with Crippen LogP contribution in [0.3, 0.4) is 0 Å². The summed E-state index contributed by atoms with van der Waals surface area (Å²) in [5.74, 6) is 0.957. The van der Waals surface area contributed by atoms with Crippen molar-refractivity contribution in [1.29, 1.82) is 0 Å². The Hall–Kier alpha value is -1.60. The zero-order valence-electron chi connectivity index (χ0n) is 11.8. The van der Waals surface area contributed by atoms with Gasteiger partial charge in [0.1, 0.15) is 0 Å². The third kappa shape index (κ3) is 3.68. The molecule has 0 fully saturated rings. The Kier molecular flexibility index (Phi) is 4.75. The highest BCUT2D eigenvalue weighted by atomic mass is 14.6. The van der Waals surface area contributed by atoms with Crippen molar-refractivity contribution in [2.24, 2.45) is 5.73 Å². The lowest BCUT2D eigenvalue weighted by atomic mass is 9.79. The van der Waals surface area contributed by atoms with Gasteiger partial charge in [-0.25, -0.2) is 0 Å². The molecule has 3 atom stereocenters. The van der Waals surface area contributed by atoms with E-state index in [1.165, 1.54) is 11.1 Å². The monoisotopic (exact) mass is 253 g/mol. The third-order valence-electron chi connectivity index (χ3n) is 3.78. The Labute approximate surface area is 116 Å². The molecule has 0 spiro atoms. The summed E-state index contributed by atoms with van der Waals surface area (Å²) >= 11 is 0. The van der Waals surface area contributed by atoms with E-state index < -0.39 is 0 Å². The van der Waals surface area contributed by atoms with Crippen molar-refractivity contribution in [2.75, 3.05) is 0 Å². The number of nitrogens with two attached hydrogens (primary N) is 1. The fourth-order valence-electron chi connectivity index (χ4n) is 2.72. The SMILES string of the molecule is CC(N)CC(c1ccccc1)[C@@H](C)c1ccccc1. The minimum absolute atomic E-state index is 0.219. The molecule has 100 valence electrons. The van der Waals surface area contributed by atoms with Gasteiger partial charge in [0, 0.05) is 6.04 Å². The maximum atomic E-state index is 6.05.